The second-order valence-electron chi connectivity index (χ2n) is 9.65. The van der Waals surface area contributed by atoms with Gasteiger partial charge in [0.2, 0.25) is 5.91 Å². The molecule has 10 heteroatoms. The molecule has 0 aliphatic heterocycles. The van der Waals surface area contributed by atoms with Gasteiger partial charge in [0.25, 0.3) is 5.91 Å². The van der Waals surface area contributed by atoms with E-state index in [0.717, 1.165) is 0 Å². The summed E-state index contributed by atoms with van der Waals surface area (Å²) in [4.78, 5) is 29.5. The van der Waals surface area contributed by atoms with Crippen LogP contribution in [0.15, 0.2) is 59.0 Å². The largest absolute Gasteiger partial charge is 0.497 e. The molecule has 1 atom stereocenters. The van der Waals surface area contributed by atoms with Gasteiger partial charge < -0.3 is 19.2 Å². The third-order valence-corrected chi connectivity index (χ3v) is 6.47. The first-order valence-corrected chi connectivity index (χ1v) is 12.4. The molecule has 2 heterocycles. The highest BCUT2D eigenvalue weighted by Gasteiger charge is 2.37. The molecule has 4 aromatic rings. The maximum Gasteiger partial charge on any atom is 0.251 e. The minimum atomic E-state index is -1.12. The molecule has 4 rings (SSSR count). The topological polar surface area (TPSA) is 112 Å². The molecule has 2 amide bonds. The van der Waals surface area contributed by atoms with Crippen LogP contribution in [0, 0.1) is 6.92 Å². The van der Waals surface area contributed by atoms with Gasteiger partial charge in [0.15, 0.2) is 6.04 Å². The number of rotatable bonds is 10. The normalized spacial score (nSPS) is 12.3. The monoisotopic (exact) mass is 519 g/mol. The van der Waals surface area contributed by atoms with Crippen LogP contribution in [0.2, 0.25) is 0 Å². The Labute approximate surface area is 221 Å². The van der Waals surface area contributed by atoms with E-state index in [0.29, 0.717) is 46.2 Å². The van der Waals surface area contributed by atoms with Crippen LogP contribution in [-0.4, -0.2) is 46.6 Å². The highest BCUT2D eigenvalue weighted by atomic mass is 16.5. The number of furan rings is 1. The van der Waals surface area contributed by atoms with Gasteiger partial charge in [-0.1, -0.05) is 24.3 Å². The third kappa shape index (κ3) is 5.64. The minimum Gasteiger partial charge on any atom is -0.497 e. The lowest BCUT2D eigenvalue weighted by molar-refractivity contribution is -0.128. The summed E-state index contributed by atoms with van der Waals surface area (Å²) in [6.07, 6.45) is 0.689. The fourth-order valence-corrected chi connectivity index (χ4v) is 4.07. The fraction of sp³-hybridized carbons (Fsp3) is 0.357. The average Bonchev–Trinajstić information content (AvgIpc) is 3.52. The van der Waals surface area contributed by atoms with E-state index in [1.54, 1.807) is 37.3 Å². The van der Waals surface area contributed by atoms with Crippen LogP contribution >= 0.6 is 0 Å². The molecular weight excluding hydrogens is 486 g/mol. The Kier molecular flexibility index (Phi) is 7.70. The average molecular weight is 520 g/mol. The molecule has 0 fully saturated rings. The summed E-state index contributed by atoms with van der Waals surface area (Å²) in [5.74, 6) is 1.08. The smallest absolute Gasteiger partial charge is 0.251 e. The summed E-state index contributed by atoms with van der Waals surface area (Å²) in [5, 5.41) is 11.4. The van der Waals surface area contributed by atoms with Gasteiger partial charge in [0.05, 0.1) is 25.4 Å². The molecule has 0 aliphatic carbocycles. The Morgan fingerprint density at radius 2 is 1.76 bits per heavy atom. The number of aryl methyl sites for hydroxylation is 1. The second-order valence-corrected chi connectivity index (χ2v) is 9.65. The molecule has 0 bridgehead atoms. The Morgan fingerprint density at radius 3 is 2.37 bits per heavy atom. The van der Waals surface area contributed by atoms with Crippen molar-refractivity contribution >= 4 is 28.5 Å². The Hall–Kier alpha value is -4.34. The summed E-state index contributed by atoms with van der Waals surface area (Å²) in [6, 6.07) is 14.8. The van der Waals surface area contributed by atoms with Gasteiger partial charge in [-0.2, -0.15) is 0 Å². The number of amides is 2. The number of anilines is 1. The van der Waals surface area contributed by atoms with Crippen molar-refractivity contribution in [1.29, 1.82) is 0 Å². The Bertz CT molecular complexity index is 1420. The number of para-hydroxylation sites is 1. The maximum absolute atomic E-state index is 14.1. The van der Waals surface area contributed by atoms with Crippen LogP contribution in [-0.2, 0) is 16.1 Å². The number of hydrogen-bond acceptors (Lipinski definition) is 7. The van der Waals surface area contributed by atoms with Crippen molar-refractivity contribution in [3.8, 4) is 11.5 Å². The number of nitrogens with one attached hydrogen (secondary N) is 1. The van der Waals surface area contributed by atoms with Crippen LogP contribution in [0.25, 0.3) is 11.0 Å². The number of fused-ring (bicyclic) bond motifs is 1. The zero-order valence-corrected chi connectivity index (χ0v) is 22.5. The lowest BCUT2D eigenvalue weighted by atomic mass is 10.0. The number of carbonyl (C=O) groups excluding carboxylic acids is 2. The summed E-state index contributed by atoms with van der Waals surface area (Å²) >= 11 is 0. The molecule has 0 spiro atoms. The van der Waals surface area contributed by atoms with Gasteiger partial charge in [-0.15, -0.1) is 5.10 Å². The third-order valence-electron chi connectivity index (χ3n) is 6.47. The van der Waals surface area contributed by atoms with E-state index in [1.807, 2.05) is 45.0 Å². The molecule has 0 saturated carbocycles. The molecule has 2 aromatic carbocycles. The molecule has 0 saturated heterocycles. The zero-order chi connectivity index (χ0) is 27.4. The van der Waals surface area contributed by atoms with E-state index >= 15 is 0 Å². The van der Waals surface area contributed by atoms with E-state index < -0.39 is 17.5 Å². The predicted molar refractivity (Wildman–Crippen MR) is 143 cm³/mol. The first-order valence-electron chi connectivity index (χ1n) is 12.4. The summed E-state index contributed by atoms with van der Waals surface area (Å²) in [6.45, 7) is 7.46. The van der Waals surface area contributed by atoms with Gasteiger partial charge in [0.1, 0.15) is 35.1 Å². The van der Waals surface area contributed by atoms with Crippen LogP contribution in [0.1, 0.15) is 44.8 Å². The van der Waals surface area contributed by atoms with Gasteiger partial charge in [-0.25, -0.2) is 4.68 Å². The van der Waals surface area contributed by atoms with Crippen molar-refractivity contribution in [2.45, 2.75) is 52.2 Å². The number of aromatic nitrogens is 3. The Morgan fingerprint density at radius 1 is 1.08 bits per heavy atom. The highest BCUT2D eigenvalue weighted by molar-refractivity contribution is 6.01. The number of carbonyl (C=O) groups is 2. The van der Waals surface area contributed by atoms with Crippen molar-refractivity contribution in [3.63, 3.8) is 0 Å². The molecule has 0 unspecified atom stereocenters. The number of ether oxygens (including phenoxy) is 2. The quantitative estimate of drug-likeness (QED) is 0.330. The van der Waals surface area contributed by atoms with E-state index in [1.165, 1.54) is 23.8 Å². The van der Waals surface area contributed by atoms with Crippen molar-refractivity contribution in [1.82, 2.24) is 20.3 Å². The van der Waals surface area contributed by atoms with E-state index in [2.05, 4.69) is 15.6 Å². The Balaban J connectivity index is 1.86. The van der Waals surface area contributed by atoms with Crippen molar-refractivity contribution in [2.75, 3.05) is 19.1 Å². The summed E-state index contributed by atoms with van der Waals surface area (Å²) < 4.78 is 18.4. The number of methoxy groups -OCH3 is 2. The molecule has 0 radical (unpaired) electrons. The molecule has 38 heavy (non-hydrogen) atoms. The predicted octanol–water partition coefficient (Wildman–Crippen LogP) is 4.43. The SMILES string of the molecule is CCC(C)(C)NC(=O)[C@@H](c1ccc(C)o1)N(C(=O)Cn1nnc2ccccc21)c1cc(OC)cc(OC)c1. The molecule has 10 nitrogen and oxygen atoms in total. The number of benzene rings is 2. The van der Waals surface area contributed by atoms with Crippen molar-refractivity contribution in [2.24, 2.45) is 0 Å². The van der Waals surface area contributed by atoms with Crippen molar-refractivity contribution in [3.05, 3.63) is 66.1 Å². The summed E-state index contributed by atoms with van der Waals surface area (Å²) in [7, 11) is 3.05. The second kappa shape index (κ2) is 11.0. The van der Waals surface area contributed by atoms with Crippen LogP contribution < -0.4 is 19.7 Å². The molecular formula is C28H33N5O5. The van der Waals surface area contributed by atoms with Gasteiger partial charge in [-0.3, -0.25) is 14.5 Å². The van der Waals surface area contributed by atoms with Crippen LogP contribution in [0.4, 0.5) is 5.69 Å². The maximum atomic E-state index is 14.1. The van der Waals surface area contributed by atoms with E-state index in [-0.39, 0.29) is 12.5 Å². The number of nitrogens with zero attached hydrogens (tertiary/aromatic N) is 4. The summed E-state index contributed by atoms with van der Waals surface area (Å²) in [5.41, 5.74) is 1.25. The van der Waals surface area contributed by atoms with E-state index in [4.69, 9.17) is 13.9 Å². The van der Waals surface area contributed by atoms with Gasteiger partial charge in [0, 0.05) is 23.7 Å². The first kappa shape index (κ1) is 26.7. The lowest BCUT2D eigenvalue weighted by Gasteiger charge is -2.33. The van der Waals surface area contributed by atoms with Crippen molar-refractivity contribution < 1.29 is 23.5 Å². The molecule has 200 valence electrons. The zero-order valence-electron chi connectivity index (χ0n) is 22.5. The van der Waals surface area contributed by atoms with Gasteiger partial charge >= 0.3 is 0 Å². The number of hydrogen-bond donors (Lipinski definition) is 1. The minimum absolute atomic E-state index is 0.166. The first-order chi connectivity index (χ1) is 18.2. The molecule has 2 aromatic heterocycles. The molecule has 0 aliphatic rings. The van der Waals surface area contributed by atoms with Crippen LogP contribution in [0.5, 0.6) is 11.5 Å². The fourth-order valence-electron chi connectivity index (χ4n) is 4.07. The van der Waals surface area contributed by atoms with Crippen LogP contribution in [0.3, 0.4) is 0 Å². The van der Waals surface area contributed by atoms with Gasteiger partial charge in [-0.05, 0) is 51.5 Å². The van der Waals surface area contributed by atoms with E-state index in [9.17, 15) is 9.59 Å². The standard InChI is InChI=1S/C28H33N5O5/c1-7-28(3,4)29-27(35)26(24-13-12-18(2)38-24)33(19-14-20(36-5)16-21(15-19)37-6)25(34)17-32-23-11-9-8-10-22(23)30-31-32/h8-16,26H,7,17H2,1-6H3,(H,29,35)/t26-/m1/s1. The molecule has 1 N–H and O–H groups in total. The lowest BCUT2D eigenvalue weighted by Crippen LogP contribution is -2.51. The highest BCUT2D eigenvalue weighted by Crippen LogP contribution is 2.35.